The number of rotatable bonds is 4. The quantitative estimate of drug-likeness (QED) is 0.923. The highest BCUT2D eigenvalue weighted by Crippen LogP contribution is 2.26. The lowest BCUT2D eigenvalue weighted by molar-refractivity contribution is 0.0678. The van der Waals surface area contributed by atoms with E-state index in [1.807, 2.05) is 11.9 Å². The summed E-state index contributed by atoms with van der Waals surface area (Å²) in [6.45, 7) is 2.43. The molecule has 1 aliphatic heterocycles. The highest BCUT2D eigenvalue weighted by Gasteiger charge is 2.19. The Bertz CT molecular complexity index is 458. The fourth-order valence-corrected chi connectivity index (χ4v) is 2.60. The van der Waals surface area contributed by atoms with E-state index in [0.29, 0.717) is 16.6 Å². The van der Waals surface area contributed by atoms with Gasteiger partial charge >= 0.3 is 5.97 Å². The third-order valence-corrected chi connectivity index (χ3v) is 3.71. The third kappa shape index (κ3) is 3.61. The highest BCUT2D eigenvalue weighted by molar-refractivity contribution is 6.31. The van der Waals surface area contributed by atoms with E-state index in [2.05, 4.69) is 0 Å². The smallest absolute Gasteiger partial charge is 0.337 e. The van der Waals surface area contributed by atoms with Crippen molar-refractivity contribution >= 4 is 23.3 Å². The predicted octanol–water partition coefficient (Wildman–Crippen LogP) is 2.90. The molecule has 0 aliphatic carbocycles. The predicted molar refractivity (Wildman–Crippen MR) is 75.2 cm³/mol. The SMILES string of the molecule is CN(CC1CCOCC1)c1ccc(Cl)cc1C(=O)O. The standard InChI is InChI=1S/C14H18ClNO3/c1-16(9-10-4-6-19-7-5-10)13-3-2-11(15)8-12(13)14(17)18/h2-3,8,10H,4-7,9H2,1H3,(H,17,18). The van der Waals surface area contributed by atoms with Gasteiger partial charge in [-0.15, -0.1) is 0 Å². The van der Waals surface area contributed by atoms with Gasteiger partial charge in [0.1, 0.15) is 0 Å². The van der Waals surface area contributed by atoms with E-state index in [4.69, 9.17) is 16.3 Å². The molecule has 0 radical (unpaired) electrons. The van der Waals surface area contributed by atoms with Crippen LogP contribution in [0.2, 0.25) is 5.02 Å². The van der Waals surface area contributed by atoms with Gasteiger partial charge in [-0.3, -0.25) is 0 Å². The zero-order valence-electron chi connectivity index (χ0n) is 10.9. The molecule has 1 N–H and O–H groups in total. The number of nitrogens with zero attached hydrogens (tertiary/aromatic N) is 1. The zero-order chi connectivity index (χ0) is 13.8. The van der Waals surface area contributed by atoms with Gasteiger partial charge < -0.3 is 14.7 Å². The molecule has 4 nitrogen and oxygen atoms in total. The summed E-state index contributed by atoms with van der Waals surface area (Å²) >= 11 is 5.86. The maximum absolute atomic E-state index is 11.3. The number of halogens is 1. The molecule has 0 amide bonds. The van der Waals surface area contributed by atoms with Crippen molar-refractivity contribution in [3.05, 3.63) is 28.8 Å². The van der Waals surface area contributed by atoms with Crippen molar-refractivity contribution in [3.63, 3.8) is 0 Å². The van der Waals surface area contributed by atoms with E-state index >= 15 is 0 Å². The van der Waals surface area contributed by atoms with Crippen molar-refractivity contribution in [1.29, 1.82) is 0 Å². The fraction of sp³-hybridized carbons (Fsp3) is 0.500. The Balaban J connectivity index is 2.13. The van der Waals surface area contributed by atoms with Gasteiger partial charge in [-0.05, 0) is 37.0 Å². The highest BCUT2D eigenvalue weighted by atomic mass is 35.5. The first-order valence-corrected chi connectivity index (χ1v) is 6.77. The first-order chi connectivity index (χ1) is 9.08. The molecule has 1 saturated heterocycles. The van der Waals surface area contributed by atoms with Crippen molar-refractivity contribution in [2.45, 2.75) is 12.8 Å². The van der Waals surface area contributed by atoms with Gasteiger partial charge in [0.15, 0.2) is 0 Å². The molecule has 1 aliphatic rings. The number of ether oxygens (including phenoxy) is 1. The molecule has 1 aromatic rings. The Morgan fingerprint density at radius 1 is 1.47 bits per heavy atom. The summed E-state index contributed by atoms with van der Waals surface area (Å²) in [5.41, 5.74) is 0.963. The molecule has 0 bridgehead atoms. The van der Waals surface area contributed by atoms with Crippen LogP contribution in [-0.2, 0) is 4.74 Å². The number of carbonyl (C=O) groups is 1. The second-order valence-electron chi connectivity index (χ2n) is 4.90. The van der Waals surface area contributed by atoms with Gasteiger partial charge in [0.25, 0.3) is 0 Å². The minimum atomic E-state index is -0.948. The molecule has 19 heavy (non-hydrogen) atoms. The first kappa shape index (κ1) is 14.2. The number of carboxylic acid groups (broad SMARTS) is 1. The summed E-state index contributed by atoms with van der Waals surface area (Å²) in [4.78, 5) is 13.3. The van der Waals surface area contributed by atoms with Crippen LogP contribution >= 0.6 is 11.6 Å². The van der Waals surface area contributed by atoms with E-state index in [9.17, 15) is 9.90 Å². The van der Waals surface area contributed by atoms with Crippen LogP contribution in [-0.4, -0.2) is 37.9 Å². The molecule has 0 spiro atoms. The van der Waals surface area contributed by atoms with Gasteiger partial charge in [0.2, 0.25) is 0 Å². The lowest BCUT2D eigenvalue weighted by atomic mass is 9.99. The zero-order valence-corrected chi connectivity index (χ0v) is 11.7. The van der Waals surface area contributed by atoms with E-state index < -0.39 is 5.97 Å². The van der Waals surface area contributed by atoms with Gasteiger partial charge in [0.05, 0.1) is 11.3 Å². The Morgan fingerprint density at radius 2 is 2.16 bits per heavy atom. The number of hydrogen-bond donors (Lipinski definition) is 1. The number of carboxylic acids is 1. The Hall–Kier alpha value is -1.26. The number of anilines is 1. The Labute approximate surface area is 117 Å². The van der Waals surface area contributed by atoms with E-state index in [0.717, 1.165) is 32.6 Å². The molecule has 0 unspecified atom stereocenters. The molecule has 2 rings (SSSR count). The summed E-state index contributed by atoms with van der Waals surface area (Å²) in [5, 5.41) is 9.68. The monoisotopic (exact) mass is 283 g/mol. The summed E-state index contributed by atoms with van der Waals surface area (Å²) in [7, 11) is 1.92. The van der Waals surface area contributed by atoms with Crippen LogP contribution in [0.15, 0.2) is 18.2 Å². The summed E-state index contributed by atoms with van der Waals surface area (Å²) in [5.74, 6) is -0.396. The Kier molecular flexibility index (Phi) is 4.66. The average Bonchev–Trinajstić information content (AvgIpc) is 2.39. The van der Waals surface area contributed by atoms with Crippen LogP contribution in [0, 0.1) is 5.92 Å². The average molecular weight is 284 g/mol. The molecular formula is C14H18ClNO3. The van der Waals surface area contributed by atoms with Crippen molar-refractivity contribution in [3.8, 4) is 0 Å². The van der Waals surface area contributed by atoms with Gasteiger partial charge in [0, 0.05) is 31.8 Å². The molecule has 104 valence electrons. The maximum Gasteiger partial charge on any atom is 0.337 e. The third-order valence-electron chi connectivity index (χ3n) is 3.47. The van der Waals surface area contributed by atoms with Crippen LogP contribution in [0.1, 0.15) is 23.2 Å². The maximum atomic E-state index is 11.3. The van der Waals surface area contributed by atoms with Gasteiger partial charge in [-0.1, -0.05) is 11.6 Å². The Morgan fingerprint density at radius 3 is 2.79 bits per heavy atom. The van der Waals surface area contributed by atoms with E-state index in [1.54, 1.807) is 12.1 Å². The van der Waals surface area contributed by atoms with Crippen molar-refractivity contribution in [2.24, 2.45) is 5.92 Å². The topological polar surface area (TPSA) is 49.8 Å². The number of benzene rings is 1. The minimum absolute atomic E-state index is 0.252. The second kappa shape index (κ2) is 6.26. The van der Waals surface area contributed by atoms with Crippen molar-refractivity contribution in [2.75, 3.05) is 31.7 Å². The van der Waals surface area contributed by atoms with Gasteiger partial charge in [-0.25, -0.2) is 4.79 Å². The normalized spacial score (nSPS) is 16.3. The summed E-state index contributed by atoms with van der Waals surface area (Å²) in [6, 6.07) is 4.99. The summed E-state index contributed by atoms with van der Waals surface area (Å²) in [6.07, 6.45) is 2.06. The molecule has 1 fully saturated rings. The molecule has 0 aromatic heterocycles. The molecule has 0 saturated carbocycles. The number of aromatic carboxylic acids is 1. The minimum Gasteiger partial charge on any atom is -0.478 e. The first-order valence-electron chi connectivity index (χ1n) is 6.39. The molecule has 1 aromatic carbocycles. The van der Waals surface area contributed by atoms with Crippen LogP contribution in [0.5, 0.6) is 0 Å². The molecule has 1 heterocycles. The van der Waals surface area contributed by atoms with E-state index in [-0.39, 0.29) is 5.56 Å². The molecule has 5 heteroatoms. The van der Waals surface area contributed by atoms with Crippen LogP contribution in [0.25, 0.3) is 0 Å². The largest absolute Gasteiger partial charge is 0.478 e. The second-order valence-corrected chi connectivity index (χ2v) is 5.34. The fourth-order valence-electron chi connectivity index (χ4n) is 2.43. The van der Waals surface area contributed by atoms with Crippen LogP contribution in [0.3, 0.4) is 0 Å². The molecular weight excluding hydrogens is 266 g/mol. The van der Waals surface area contributed by atoms with Crippen molar-refractivity contribution < 1.29 is 14.6 Å². The van der Waals surface area contributed by atoms with E-state index in [1.165, 1.54) is 6.07 Å². The van der Waals surface area contributed by atoms with Gasteiger partial charge in [-0.2, -0.15) is 0 Å². The molecule has 0 atom stereocenters. The van der Waals surface area contributed by atoms with Crippen molar-refractivity contribution in [1.82, 2.24) is 0 Å². The lowest BCUT2D eigenvalue weighted by Gasteiger charge is -2.29. The lowest BCUT2D eigenvalue weighted by Crippen LogP contribution is -2.30. The number of hydrogen-bond acceptors (Lipinski definition) is 3. The van der Waals surface area contributed by atoms with Crippen LogP contribution in [0.4, 0.5) is 5.69 Å². The van der Waals surface area contributed by atoms with Crippen LogP contribution < -0.4 is 4.90 Å². The summed E-state index contributed by atoms with van der Waals surface area (Å²) < 4.78 is 5.33.